The third-order valence-corrected chi connectivity index (χ3v) is 6.82. The van der Waals surface area contributed by atoms with Crippen LogP contribution in [0.1, 0.15) is 15.9 Å². The first-order valence-electron chi connectivity index (χ1n) is 8.75. The smallest absolute Gasteiger partial charge is 0.265 e. The van der Waals surface area contributed by atoms with Gasteiger partial charge in [-0.05, 0) is 35.9 Å². The van der Waals surface area contributed by atoms with E-state index >= 15 is 0 Å². The zero-order valence-electron chi connectivity index (χ0n) is 15.6. The zero-order chi connectivity index (χ0) is 21.3. The van der Waals surface area contributed by atoms with Crippen molar-refractivity contribution in [2.45, 2.75) is 0 Å². The number of anilines is 1. The molecule has 3 aromatic rings. The van der Waals surface area contributed by atoms with Gasteiger partial charge in [-0.15, -0.1) is 11.3 Å². The third-order valence-electron chi connectivity index (χ3n) is 4.32. The second kappa shape index (κ2) is 8.69. The molecule has 0 bridgehead atoms. The number of halogens is 1. The molecule has 1 saturated heterocycles. The molecular formula is C21H14ClN3O2S3. The SMILES string of the molecule is CN1C(=O)/C(=C\c2ccc(C(=O)Nc3nc(-c4ccc(Cl)cc4)cs3)cc2)SC1=S. The van der Waals surface area contributed by atoms with E-state index in [1.807, 2.05) is 17.5 Å². The van der Waals surface area contributed by atoms with Gasteiger partial charge in [-0.25, -0.2) is 4.98 Å². The molecule has 0 atom stereocenters. The van der Waals surface area contributed by atoms with Crippen LogP contribution in [0.2, 0.25) is 5.02 Å². The van der Waals surface area contributed by atoms with Crippen LogP contribution in [0.4, 0.5) is 5.13 Å². The van der Waals surface area contributed by atoms with Crippen molar-refractivity contribution in [3.63, 3.8) is 0 Å². The fourth-order valence-electron chi connectivity index (χ4n) is 2.68. The number of nitrogens with zero attached hydrogens (tertiary/aromatic N) is 2. The number of hydrogen-bond acceptors (Lipinski definition) is 6. The monoisotopic (exact) mass is 471 g/mol. The summed E-state index contributed by atoms with van der Waals surface area (Å²) in [7, 11) is 1.66. The average Bonchev–Trinajstić information content (AvgIpc) is 3.30. The van der Waals surface area contributed by atoms with E-state index in [0.29, 0.717) is 24.9 Å². The topological polar surface area (TPSA) is 62.3 Å². The minimum atomic E-state index is -0.251. The van der Waals surface area contributed by atoms with Gasteiger partial charge < -0.3 is 0 Å². The van der Waals surface area contributed by atoms with E-state index in [1.54, 1.807) is 49.5 Å². The van der Waals surface area contributed by atoms with Crippen molar-refractivity contribution < 1.29 is 9.59 Å². The molecule has 0 saturated carbocycles. The highest BCUT2D eigenvalue weighted by Gasteiger charge is 2.28. The van der Waals surface area contributed by atoms with Gasteiger partial charge in [0.05, 0.1) is 10.6 Å². The maximum absolute atomic E-state index is 12.5. The zero-order valence-corrected chi connectivity index (χ0v) is 18.8. The van der Waals surface area contributed by atoms with E-state index in [0.717, 1.165) is 16.8 Å². The molecule has 1 aliphatic rings. The van der Waals surface area contributed by atoms with Crippen LogP contribution in [0, 0.1) is 0 Å². The molecule has 0 spiro atoms. The van der Waals surface area contributed by atoms with Crippen molar-refractivity contribution in [3.05, 3.63) is 75.0 Å². The summed E-state index contributed by atoms with van der Waals surface area (Å²) in [6.07, 6.45) is 1.77. The molecule has 30 heavy (non-hydrogen) atoms. The molecule has 1 N–H and O–H groups in total. The van der Waals surface area contributed by atoms with E-state index in [1.165, 1.54) is 28.0 Å². The molecule has 1 fully saturated rings. The summed E-state index contributed by atoms with van der Waals surface area (Å²) in [6, 6.07) is 14.4. The maximum Gasteiger partial charge on any atom is 0.265 e. The number of likely N-dealkylation sites (N-methyl/N-ethyl adjacent to an activating group) is 1. The first-order chi connectivity index (χ1) is 14.4. The number of nitrogens with one attached hydrogen (secondary N) is 1. The molecule has 2 aromatic carbocycles. The van der Waals surface area contributed by atoms with Crippen LogP contribution in [0.25, 0.3) is 17.3 Å². The molecule has 2 heterocycles. The van der Waals surface area contributed by atoms with Gasteiger partial charge in [0, 0.05) is 28.6 Å². The Morgan fingerprint density at radius 2 is 1.87 bits per heavy atom. The molecule has 4 rings (SSSR count). The minimum absolute atomic E-state index is 0.118. The number of amides is 2. The Labute approximate surface area is 191 Å². The van der Waals surface area contributed by atoms with E-state index in [4.69, 9.17) is 23.8 Å². The van der Waals surface area contributed by atoms with E-state index in [2.05, 4.69) is 10.3 Å². The van der Waals surface area contributed by atoms with Crippen LogP contribution < -0.4 is 5.32 Å². The summed E-state index contributed by atoms with van der Waals surface area (Å²) < 4.78 is 0.531. The fraction of sp³-hybridized carbons (Fsp3) is 0.0476. The summed E-state index contributed by atoms with van der Waals surface area (Å²) >= 11 is 13.7. The summed E-state index contributed by atoms with van der Waals surface area (Å²) in [6.45, 7) is 0. The quantitative estimate of drug-likeness (QED) is 0.399. The molecule has 5 nitrogen and oxygen atoms in total. The second-order valence-electron chi connectivity index (χ2n) is 6.36. The minimum Gasteiger partial charge on any atom is -0.298 e. The van der Waals surface area contributed by atoms with Crippen molar-refractivity contribution in [3.8, 4) is 11.3 Å². The second-order valence-corrected chi connectivity index (χ2v) is 9.33. The van der Waals surface area contributed by atoms with Gasteiger partial charge in [0.1, 0.15) is 4.32 Å². The van der Waals surface area contributed by atoms with E-state index < -0.39 is 0 Å². The number of thiocarbonyl (C=S) groups is 1. The van der Waals surface area contributed by atoms with Crippen LogP contribution in [0.15, 0.2) is 58.8 Å². The van der Waals surface area contributed by atoms with Gasteiger partial charge in [0.15, 0.2) is 5.13 Å². The highest BCUT2D eigenvalue weighted by molar-refractivity contribution is 8.26. The Bertz CT molecular complexity index is 1170. The van der Waals surface area contributed by atoms with Crippen LogP contribution in [-0.4, -0.2) is 33.1 Å². The predicted molar refractivity (Wildman–Crippen MR) is 128 cm³/mol. The maximum atomic E-state index is 12.5. The molecule has 1 aliphatic heterocycles. The Hall–Kier alpha value is -2.52. The number of hydrogen-bond donors (Lipinski definition) is 1. The number of aromatic nitrogens is 1. The standard InChI is InChI=1S/C21H14ClN3O2S3/c1-25-19(27)17(30-21(25)28)10-12-2-4-14(5-3-12)18(26)24-20-23-16(11-29-20)13-6-8-15(22)9-7-13/h2-11H,1H3,(H,23,24,26)/b17-10+. The Morgan fingerprint density at radius 1 is 1.17 bits per heavy atom. The molecule has 2 amide bonds. The summed E-state index contributed by atoms with van der Waals surface area (Å²) in [5.41, 5.74) is 3.02. The van der Waals surface area contributed by atoms with Gasteiger partial charge in [0.25, 0.3) is 11.8 Å². The van der Waals surface area contributed by atoms with Crippen molar-refractivity contribution >= 4 is 74.3 Å². The fourth-order valence-corrected chi connectivity index (χ4v) is 4.70. The van der Waals surface area contributed by atoms with Crippen molar-refractivity contribution in [2.24, 2.45) is 0 Å². The number of benzene rings is 2. The van der Waals surface area contributed by atoms with Crippen molar-refractivity contribution in [1.29, 1.82) is 0 Å². The molecule has 9 heteroatoms. The lowest BCUT2D eigenvalue weighted by atomic mass is 10.1. The lowest BCUT2D eigenvalue weighted by molar-refractivity contribution is -0.121. The van der Waals surface area contributed by atoms with Gasteiger partial charge in [-0.1, -0.05) is 59.8 Å². The lowest BCUT2D eigenvalue weighted by Gasteiger charge is -2.04. The van der Waals surface area contributed by atoms with Crippen LogP contribution in [0.3, 0.4) is 0 Å². The van der Waals surface area contributed by atoms with Crippen molar-refractivity contribution in [2.75, 3.05) is 12.4 Å². The number of rotatable bonds is 4. The largest absolute Gasteiger partial charge is 0.298 e. The molecule has 1 aromatic heterocycles. The molecule has 150 valence electrons. The summed E-state index contributed by atoms with van der Waals surface area (Å²) in [5.74, 6) is -0.370. The molecule has 0 unspecified atom stereocenters. The van der Waals surface area contributed by atoms with Crippen LogP contribution in [0.5, 0.6) is 0 Å². The normalized spacial score (nSPS) is 15.1. The van der Waals surface area contributed by atoms with Gasteiger partial charge in [-0.3, -0.25) is 19.8 Å². The summed E-state index contributed by atoms with van der Waals surface area (Å²) in [5, 5.41) is 5.87. The van der Waals surface area contributed by atoms with E-state index in [-0.39, 0.29) is 11.8 Å². The molecule has 0 radical (unpaired) electrons. The van der Waals surface area contributed by atoms with Gasteiger partial charge >= 0.3 is 0 Å². The Kier molecular flexibility index (Phi) is 6.01. The number of thioether (sulfide) groups is 1. The van der Waals surface area contributed by atoms with Gasteiger partial charge in [0.2, 0.25) is 0 Å². The Morgan fingerprint density at radius 3 is 2.50 bits per heavy atom. The molecular weight excluding hydrogens is 458 g/mol. The number of carbonyl (C=O) groups is 2. The number of carbonyl (C=O) groups excluding carboxylic acids is 2. The highest BCUT2D eigenvalue weighted by Crippen LogP contribution is 2.31. The van der Waals surface area contributed by atoms with Crippen LogP contribution >= 0.6 is 46.9 Å². The van der Waals surface area contributed by atoms with Crippen LogP contribution in [-0.2, 0) is 4.79 Å². The third kappa shape index (κ3) is 4.46. The molecule has 0 aliphatic carbocycles. The highest BCUT2D eigenvalue weighted by atomic mass is 35.5. The Balaban J connectivity index is 1.44. The van der Waals surface area contributed by atoms with Gasteiger partial charge in [-0.2, -0.15) is 0 Å². The summed E-state index contributed by atoms with van der Waals surface area (Å²) in [4.78, 5) is 31.1. The first kappa shape index (κ1) is 20.7. The lowest BCUT2D eigenvalue weighted by Crippen LogP contribution is -2.22. The van der Waals surface area contributed by atoms with Crippen molar-refractivity contribution in [1.82, 2.24) is 9.88 Å². The number of thiazole rings is 1. The first-order valence-corrected chi connectivity index (χ1v) is 11.2. The van der Waals surface area contributed by atoms with E-state index in [9.17, 15) is 9.59 Å². The average molecular weight is 472 g/mol. The predicted octanol–water partition coefficient (Wildman–Crippen LogP) is 5.55.